The number of hydrogen-bond donors (Lipinski definition) is 0. The van der Waals surface area contributed by atoms with Crippen LogP contribution in [0.15, 0.2) is 36.7 Å². The average molecular weight is 434 g/mol. The molecule has 0 bridgehead atoms. The fourth-order valence-electron chi connectivity index (χ4n) is 4.15. The molecule has 3 aromatic heterocycles. The summed E-state index contributed by atoms with van der Waals surface area (Å²) in [5.74, 6) is 0.758. The van der Waals surface area contributed by atoms with Crippen molar-refractivity contribution in [1.82, 2.24) is 34.4 Å². The number of thiazole rings is 1. The quantitative estimate of drug-likeness (QED) is 0.494. The summed E-state index contributed by atoms with van der Waals surface area (Å²) < 4.78 is 3.92. The zero-order chi connectivity index (χ0) is 21.5. The standard InChI is InChI=1S/C22H23N7OS/c1-14-20(31-15(2)24-14)22(30)28-10-9-18-17(12-28)19(26-27(18)3)21-25-23-13-29(21)11-16-7-5-4-6-8-16/h4-8,13H,9-12H2,1-3H3. The molecule has 1 amide bonds. The molecule has 1 aliphatic rings. The first-order valence-corrected chi connectivity index (χ1v) is 11.0. The third-order valence-electron chi connectivity index (χ3n) is 5.65. The molecule has 0 spiro atoms. The van der Waals surface area contributed by atoms with E-state index in [1.165, 1.54) is 16.9 Å². The lowest BCUT2D eigenvalue weighted by molar-refractivity contribution is 0.0737. The van der Waals surface area contributed by atoms with E-state index >= 15 is 0 Å². The van der Waals surface area contributed by atoms with E-state index in [-0.39, 0.29) is 5.91 Å². The fraction of sp³-hybridized carbons (Fsp3) is 0.318. The van der Waals surface area contributed by atoms with Crippen molar-refractivity contribution in [1.29, 1.82) is 0 Å². The van der Waals surface area contributed by atoms with Gasteiger partial charge in [0.25, 0.3) is 5.91 Å². The molecule has 0 N–H and O–H groups in total. The van der Waals surface area contributed by atoms with Gasteiger partial charge in [0.1, 0.15) is 16.9 Å². The van der Waals surface area contributed by atoms with Gasteiger partial charge in [0.05, 0.1) is 23.8 Å². The van der Waals surface area contributed by atoms with E-state index in [2.05, 4.69) is 27.3 Å². The number of rotatable bonds is 4. The molecular formula is C22H23N7OS. The smallest absolute Gasteiger partial charge is 0.266 e. The van der Waals surface area contributed by atoms with Gasteiger partial charge in [-0.2, -0.15) is 5.10 Å². The van der Waals surface area contributed by atoms with Crippen molar-refractivity contribution in [2.24, 2.45) is 7.05 Å². The van der Waals surface area contributed by atoms with Crippen molar-refractivity contribution in [2.75, 3.05) is 6.54 Å². The van der Waals surface area contributed by atoms with E-state index in [0.29, 0.717) is 19.6 Å². The largest absolute Gasteiger partial charge is 0.333 e. The number of amides is 1. The maximum Gasteiger partial charge on any atom is 0.266 e. The van der Waals surface area contributed by atoms with Gasteiger partial charge in [-0.3, -0.25) is 9.48 Å². The minimum atomic E-state index is 0.0364. The molecule has 9 heteroatoms. The normalized spacial score (nSPS) is 13.5. The van der Waals surface area contributed by atoms with Crippen LogP contribution < -0.4 is 0 Å². The Labute approximate surface area is 184 Å². The summed E-state index contributed by atoms with van der Waals surface area (Å²) in [6, 6.07) is 10.2. The lowest BCUT2D eigenvalue weighted by Gasteiger charge is -2.27. The topological polar surface area (TPSA) is 81.7 Å². The highest BCUT2D eigenvalue weighted by molar-refractivity contribution is 7.13. The fourth-order valence-corrected chi connectivity index (χ4v) is 5.04. The van der Waals surface area contributed by atoms with Crippen LogP contribution in [-0.4, -0.2) is 46.9 Å². The van der Waals surface area contributed by atoms with Gasteiger partial charge in [0, 0.05) is 31.3 Å². The van der Waals surface area contributed by atoms with Crippen LogP contribution in [0.5, 0.6) is 0 Å². The molecule has 0 aliphatic carbocycles. The molecule has 8 nitrogen and oxygen atoms in total. The molecule has 1 aliphatic heterocycles. The predicted molar refractivity (Wildman–Crippen MR) is 118 cm³/mol. The molecule has 4 aromatic rings. The van der Waals surface area contributed by atoms with Crippen LogP contribution in [0.1, 0.15) is 37.2 Å². The van der Waals surface area contributed by atoms with Crippen molar-refractivity contribution in [2.45, 2.75) is 33.4 Å². The Bertz CT molecular complexity index is 1250. The highest BCUT2D eigenvalue weighted by atomic mass is 32.1. The summed E-state index contributed by atoms with van der Waals surface area (Å²) in [7, 11) is 1.95. The van der Waals surface area contributed by atoms with Gasteiger partial charge in [-0.1, -0.05) is 30.3 Å². The van der Waals surface area contributed by atoms with Gasteiger partial charge < -0.3 is 9.47 Å². The summed E-state index contributed by atoms with van der Waals surface area (Å²) >= 11 is 1.46. The van der Waals surface area contributed by atoms with E-state index in [9.17, 15) is 4.79 Å². The molecule has 0 atom stereocenters. The lowest BCUT2D eigenvalue weighted by atomic mass is 10.0. The Kier molecular flexibility index (Phi) is 4.90. The van der Waals surface area contributed by atoms with Gasteiger partial charge in [0.2, 0.25) is 0 Å². The zero-order valence-electron chi connectivity index (χ0n) is 17.7. The van der Waals surface area contributed by atoms with Crippen LogP contribution in [0.25, 0.3) is 11.5 Å². The van der Waals surface area contributed by atoms with E-state index in [4.69, 9.17) is 5.10 Å². The third-order valence-corrected chi connectivity index (χ3v) is 6.71. The number of aryl methyl sites for hydroxylation is 3. The van der Waals surface area contributed by atoms with Gasteiger partial charge in [-0.25, -0.2) is 4.98 Å². The van der Waals surface area contributed by atoms with Crippen molar-refractivity contribution < 1.29 is 4.79 Å². The van der Waals surface area contributed by atoms with E-state index in [0.717, 1.165) is 44.8 Å². The number of hydrogen-bond acceptors (Lipinski definition) is 6. The summed E-state index contributed by atoms with van der Waals surface area (Å²) in [5, 5.41) is 14.2. The zero-order valence-corrected chi connectivity index (χ0v) is 18.6. The second-order valence-electron chi connectivity index (χ2n) is 7.79. The number of carbonyl (C=O) groups is 1. The number of nitrogens with zero attached hydrogens (tertiary/aromatic N) is 7. The molecule has 1 aromatic carbocycles. The first-order chi connectivity index (χ1) is 15.0. The Morgan fingerprint density at radius 1 is 1.19 bits per heavy atom. The Morgan fingerprint density at radius 3 is 2.74 bits per heavy atom. The molecule has 5 rings (SSSR count). The molecule has 0 saturated carbocycles. The SMILES string of the molecule is Cc1nc(C)c(C(=O)N2CCc3c(c(-c4nncn4Cc4ccccc4)nn3C)C2)s1. The van der Waals surface area contributed by atoms with Crippen LogP contribution in [0.3, 0.4) is 0 Å². The number of carbonyl (C=O) groups excluding carboxylic acids is 1. The average Bonchev–Trinajstić information content (AvgIpc) is 3.45. The van der Waals surface area contributed by atoms with Crippen molar-refractivity contribution in [3.63, 3.8) is 0 Å². The van der Waals surface area contributed by atoms with E-state index < -0.39 is 0 Å². The van der Waals surface area contributed by atoms with Gasteiger partial charge >= 0.3 is 0 Å². The van der Waals surface area contributed by atoms with Gasteiger partial charge in [-0.05, 0) is 19.4 Å². The summed E-state index contributed by atoms with van der Waals surface area (Å²) in [6.07, 6.45) is 2.49. The van der Waals surface area contributed by atoms with Crippen LogP contribution in [-0.2, 0) is 26.6 Å². The van der Waals surface area contributed by atoms with Crippen molar-refractivity contribution >= 4 is 17.2 Å². The first-order valence-electron chi connectivity index (χ1n) is 10.2. The van der Waals surface area contributed by atoms with Crippen LogP contribution in [0, 0.1) is 13.8 Å². The van der Waals surface area contributed by atoms with Crippen LogP contribution >= 0.6 is 11.3 Å². The third kappa shape index (κ3) is 3.54. The van der Waals surface area contributed by atoms with Crippen molar-refractivity contribution in [3.8, 4) is 11.5 Å². The minimum absolute atomic E-state index is 0.0364. The van der Waals surface area contributed by atoms with E-state index in [1.54, 1.807) is 6.33 Å². The highest BCUT2D eigenvalue weighted by Crippen LogP contribution is 2.30. The molecule has 158 valence electrons. The van der Waals surface area contributed by atoms with Crippen LogP contribution in [0.2, 0.25) is 0 Å². The van der Waals surface area contributed by atoms with E-state index in [1.807, 2.05) is 53.2 Å². The summed E-state index contributed by atoms with van der Waals surface area (Å²) in [4.78, 5) is 20.2. The van der Waals surface area contributed by atoms with Gasteiger partial charge in [-0.15, -0.1) is 21.5 Å². The minimum Gasteiger partial charge on any atom is -0.333 e. The molecule has 0 fully saturated rings. The first kappa shape index (κ1) is 19.6. The van der Waals surface area contributed by atoms with Gasteiger partial charge in [0.15, 0.2) is 5.82 Å². The predicted octanol–water partition coefficient (Wildman–Crippen LogP) is 3.00. The molecule has 0 radical (unpaired) electrons. The summed E-state index contributed by atoms with van der Waals surface area (Å²) in [6.45, 7) is 5.66. The molecule has 31 heavy (non-hydrogen) atoms. The molecule has 0 unspecified atom stereocenters. The van der Waals surface area contributed by atoms with Crippen LogP contribution in [0.4, 0.5) is 0 Å². The maximum atomic E-state index is 13.2. The molecule has 4 heterocycles. The monoisotopic (exact) mass is 433 g/mol. The second-order valence-corrected chi connectivity index (χ2v) is 8.99. The Hall–Kier alpha value is -3.33. The number of fused-ring (bicyclic) bond motifs is 1. The lowest BCUT2D eigenvalue weighted by Crippen LogP contribution is -2.36. The highest BCUT2D eigenvalue weighted by Gasteiger charge is 2.30. The second kappa shape index (κ2) is 7.73. The van der Waals surface area contributed by atoms with Crippen molar-refractivity contribution in [3.05, 3.63) is 69.1 Å². The molecule has 0 saturated heterocycles. The Balaban J connectivity index is 1.48. The summed E-state index contributed by atoms with van der Waals surface area (Å²) in [5.41, 5.74) is 4.95. The maximum absolute atomic E-state index is 13.2. The number of benzene rings is 1. The number of aromatic nitrogens is 6. The molecular weight excluding hydrogens is 410 g/mol. The Morgan fingerprint density at radius 2 is 2.00 bits per heavy atom.